The minimum absolute atomic E-state index is 0.416. The summed E-state index contributed by atoms with van der Waals surface area (Å²) >= 11 is 0. The fourth-order valence-corrected chi connectivity index (χ4v) is 0.424. The van der Waals surface area contributed by atoms with Crippen LogP contribution in [0.5, 0.6) is 0 Å². The Labute approximate surface area is 50.5 Å². The molecule has 0 rings (SSSR count). The van der Waals surface area contributed by atoms with Gasteiger partial charge in [0, 0.05) is 0 Å². The van der Waals surface area contributed by atoms with Crippen LogP contribution in [0.15, 0.2) is 0 Å². The first-order chi connectivity index (χ1) is 3.81. The van der Waals surface area contributed by atoms with E-state index in [9.17, 15) is 16.8 Å². The molecule has 0 saturated heterocycles. The summed E-state index contributed by atoms with van der Waals surface area (Å²) in [5.41, 5.74) is 0. The SMILES string of the molecule is O=S(=O)(O)S(=O)(=O)NO. The number of hydrogen-bond donors (Lipinski definition) is 3. The van der Waals surface area contributed by atoms with Crippen molar-refractivity contribution in [3.05, 3.63) is 0 Å². The average molecular weight is 177 g/mol. The highest BCUT2D eigenvalue weighted by atomic mass is 33.2. The van der Waals surface area contributed by atoms with Crippen molar-refractivity contribution in [3.63, 3.8) is 0 Å². The van der Waals surface area contributed by atoms with Crippen LogP contribution >= 0.6 is 0 Å². The highest BCUT2D eigenvalue weighted by Gasteiger charge is 2.25. The van der Waals surface area contributed by atoms with Crippen molar-refractivity contribution in [2.75, 3.05) is 0 Å². The zero-order chi connectivity index (χ0) is 7.71. The van der Waals surface area contributed by atoms with Crippen molar-refractivity contribution in [1.82, 2.24) is 4.89 Å². The van der Waals surface area contributed by atoms with Crippen molar-refractivity contribution >= 4 is 18.2 Å². The molecule has 0 aromatic rings. The van der Waals surface area contributed by atoms with Crippen LogP contribution in [0.25, 0.3) is 0 Å². The van der Waals surface area contributed by atoms with E-state index in [1.165, 1.54) is 0 Å². The Morgan fingerprint density at radius 2 is 1.44 bits per heavy atom. The first-order valence-electron chi connectivity index (χ1n) is 1.44. The average Bonchev–Trinajstić information content (AvgIpc) is 1.64. The van der Waals surface area contributed by atoms with Gasteiger partial charge < -0.3 is 5.21 Å². The minimum Gasteiger partial charge on any atom is -0.301 e. The Balaban J connectivity index is 5.07. The lowest BCUT2D eigenvalue weighted by Gasteiger charge is -1.92. The van der Waals surface area contributed by atoms with Crippen LogP contribution in [0.2, 0.25) is 0 Å². The third-order valence-corrected chi connectivity index (χ3v) is 3.05. The number of hydrogen-bond acceptors (Lipinski definition) is 5. The van der Waals surface area contributed by atoms with Crippen molar-refractivity contribution in [2.45, 2.75) is 0 Å². The van der Waals surface area contributed by atoms with Gasteiger partial charge in [-0.15, -0.1) is 0 Å². The molecular weight excluding hydrogens is 174 g/mol. The number of rotatable bonds is 2. The fourth-order valence-electron chi connectivity index (χ4n) is 0.0471. The second-order valence-electron chi connectivity index (χ2n) is 0.973. The molecule has 0 amide bonds. The van der Waals surface area contributed by atoms with E-state index < -0.39 is 18.2 Å². The Hall–Kier alpha value is -0.220. The van der Waals surface area contributed by atoms with E-state index in [2.05, 4.69) is 0 Å². The van der Waals surface area contributed by atoms with Crippen molar-refractivity contribution < 1.29 is 26.6 Å². The molecule has 0 heterocycles. The molecule has 0 aliphatic heterocycles. The van der Waals surface area contributed by atoms with E-state index >= 15 is 0 Å². The fraction of sp³-hybridized carbons (Fsp3) is 0. The predicted molar refractivity (Wildman–Crippen MR) is 25.4 cm³/mol. The Bertz CT molecular complexity index is 266. The molecule has 0 aliphatic rings. The molecule has 0 radical (unpaired) electrons. The molecule has 9 heteroatoms. The van der Waals surface area contributed by atoms with Crippen LogP contribution in [0, 0.1) is 0 Å². The summed E-state index contributed by atoms with van der Waals surface area (Å²) in [5.74, 6) is 0. The van der Waals surface area contributed by atoms with Gasteiger partial charge in [0.2, 0.25) is 0 Å². The maximum atomic E-state index is 9.82. The zero-order valence-corrected chi connectivity index (χ0v) is 5.48. The maximum Gasteiger partial charge on any atom is 0.388 e. The lowest BCUT2D eigenvalue weighted by Crippen LogP contribution is -2.27. The van der Waals surface area contributed by atoms with Crippen LogP contribution in [-0.4, -0.2) is 26.6 Å². The summed E-state index contributed by atoms with van der Waals surface area (Å²) in [6.45, 7) is 0. The lowest BCUT2D eigenvalue weighted by molar-refractivity contribution is 0.245. The Kier molecular flexibility index (Phi) is 2.14. The van der Waals surface area contributed by atoms with Gasteiger partial charge in [0.05, 0.1) is 0 Å². The normalized spacial score (nSPS) is 13.6. The third kappa shape index (κ3) is 1.87. The van der Waals surface area contributed by atoms with E-state index in [0.717, 1.165) is 0 Å². The summed E-state index contributed by atoms with van der Waals surface area (Å²) in [5, 5.41) is 7.55. The maximum absolute atomic E-state index is 9.82. The van der Waals surface area contributed by atoms with E-state index in [-0.39, 0.29) is 0 Å². The molecule has 0 fully saturated rings. The molecule has 0 bridgehead atoms. The van der Waals surface area contributed by atoms with Crippen LogP contribution in [0.3, 0.4) is 0 Å². The molecule has 0 saturated carbocycles. The number of nitrogens with one attached hydrogen (secondary N) is 1. The zero-order valence-electron chi connectivity index (χ0n) is 3.84. The second kappa shape index (κ2) is 2.19. The largest absolute Gasteiger partial charge is 0.388 e. The molecule has 3 N–H and O–H groups in total. The summed E-state index contributed by atoms with van der Waals surface area (Å²) in [6, 6.07) is 0. The van der Waals surface area contributed by atoms with Gasteiger partial charge in [-0.25, -0.2) is 0 Å². The third-order valence-electron chi connectivity index (χ3n) is 0.389. The van der Waals surface area contributed by atoms with Gasteiger partial charge >= 0.3 is 18.2 Å². The minimum atomic E-state index is -5.24. The van der Waals surface area contributed by atoms with Gasteiger partial charge in [0.25, 0.3) is 0 Å². The van der Waals surface area contributed by atoms with Crippen LogP contribution in [-0.2, 0) is 18.2 Å². The molecule has 7 nitrogen and oxygen atoms in total. The van der Waals surface area contributed by atoms with Crippen LogP contribution in [0.4, 0.5) is 0 Å². The highest BCUT2D eigenvalue weighted by Crippen LogP contribution is 1.91. The summed E-state index contributed by atoms with van der Waals surface area (Å²) in [6.07, 6.45) is 0. The molecule has 0 aromatic carbocycles. The summed E-state index contributed by atoms with van der Waals surface area (Å²) < 4.78 is 46.6. The van der Waals surface area contributed by atoms with Gasteiger partial charge in [-0.3, -0.25) is 4.55 Å². The van der Waals surface area contributed by atoms with Gasteiger partial charge in [-0.1, -0.05) is 4.89 Å². The van der Waals surface area contributed by atoms with Gasteiger partial charge in [0.15, 0.2) is 0 Å². The van der Waals surface area contributed by atoms with Crippen LogP contribution in [0.1, 0.15) is 0 Å². The summed E-state index contributed by atoms with van der Waals surface area (Å²) in [7, 11) is -10.2. The molecule has 56 valence electrons. The monoisotopic (exact) mass is 177 g/mol. The molecule has 0 unspecified atom stereocenters. The van der Waals surface area contributed by atoms with E-state index in [4.69, 9.17) is 9.76 Å². The van der Waals surface area contributed by atoms with Crippen molar-refractivity contribution in [1.29, 1.82) is 0 Å². The second-order valence-corrected chi connectivity index (χ2v) is 5.50. The molecule has 0 aliphatic carbocycles. The topological polar surface area (TPSA) is 121 Å². The van der Waals surface area contributed by atoms with E-state index in [1.54, 1.807) is 0 Å². The Morgan fingerprint density at radius 1 is 1.11 bits per heavy atom. The van der Waals surface area contributed by atoms with E-state index in [1.807, 2.05) is 0 Å². The van der Waals surface area contributed by atoms with E-state index in [0.29, 0.717) is 4.89 Å². The van der Waals surface area contributed by atoms with Gasteiger partial charge in [-0.2, -0.15) is 16.8 Å². The first kappa shape index (κ1) is 8.78. The predicted octanol–water partition coefficient (Wildman–Crippen LogP) is -1.90. The molecule has 0 aromatic heterocycles. The molecule has 0 atom stereocenters. The smallest absolute Gasteiger partial charge is 0.301 e. The standard InChI is InChI=1S/H3NO6S2/c2-1-8(3,4)9(5,6)7/h1-2H,(H,5,6,7). The Morgan fingerprint density at radius 3 is 1.44 bits per heavy atom. The molecular formula is H3NO6S2. The van der Waals surface area contributed by atoms with Crippen molar-refractivity contribution in [2.24, 2.45) is 0 Å². The van der Waals surface area contributed by atoms with Crippen LogP contribution < -0.4 is 4.89 Å². The lowest BCUT2D eigenvalue weighted by atomic mass is 13.5. The summed E-state index contributed by atoms with van der Waals surface area (Å²) in [4.78, 5) is 0.416. The molecule has 0 spiro atoms. The van der Waals surface area contributed by atoms with Crippen molar-refractivity contribution in [3.8, 4) is 0 Å². The highest BCUT2D eigenvalue weighted by molar-refractivity contribution is 8.64. The molecule has 9 heavy (non-hydrogen) atoms. The van der Waals surface area contributed by atoms with Gasteiger partial charge in [-0.05, 0) is 0 Å². The first-order valence-corrected chi connectivity index (χ1v) is 4.88. The van der Waals surface area contributed by atoms with Gasteiger partial charge in [0.1, 0.15) is 0 Å². The quantitative estimate of drug-likeness (QED) is 0.257.